The summed E-state index contributed by atoms with van der Waals surface area (Å²) >= 11 is 0. The molecule has 0 aromatic carbocycles. The molecule has 0 spiro atoms. The van der Waals surface area contributed by atoms with E-state index < -0.39 is 0 Å². The minimum absolute atomic E-state index is 0.0339. The van der Waals surface area contributed by atoms with Crippen LogP contribution >= 0.6 is 0 Å². The summed E-state index contributed by atoms with van der Waals surface area (Å²) in [4.78, 5) is 11.9. The van der Waals surface area contributed by atoms with Crippen molar-refractivity contribution in [2.75, 3.05) is 13.2 Å². The average molecular weight is 227 g/mol. The molecule has 2 fully saturated rings. The Morgan fingerprint density at radius 2 is 1.94 bits per heavy atom. The standard InChI is InChI=1S/C12H21NO3/c13-10-3-1-2-9(8-10)12(14)16-11-4-6-15-7-5-11/h9-11H,1-8,13H2. The Morgan fingerprint density at radius 3 is 2.62 bits per heavy atom. The maximum absolute atomic E-state index is 11.9. The van der Waals surface area contributed by atoms with E-state index in [-0.39, 0.29) is 24.0 Å². The lowest BCUT2D eigenvalue weighted by Crippen LogP contribution is -2.35. The topological polar surface area (TPSA) is 61.6 Å². The molecule has 2 aliphatic rings. The fourth-order valence-corrected chi connectivity index (χ4v) is 2.50. The van der Waals surface area contributed by atoms with Gasteiger partial charge in [-0.25, -0.2) is 0 Å². The Bertz CT molecular complexity index is 238. The normalized spacial score (nSPS) is 32.3. The monoisotopic (exact) mass is 227 g/mol. The molecule has 4 heteroatoms. The number of carbonyl (C=O) groups is 1. The molecule has 1 aliphatic heterocycles. The van der Waals surface area contributed by atoms with Crippen molar-refractivity contribution in [2.24, 2.45) is 11.7 Å². The summed E-state index contributed by atoms with van der Waals surface area (Å²) in [6.07, 6.45) is 5.57. The van der Waals surface area contributed by atoms with E-state index in [9.17, 15) is 4.79 Å². The van der Waals surface area contributed by atoms with Gasteiger partial charge < -0.3 is 15.2 Å². The van der Waals surface area contributed by atoms with Crippen LogP contribution in [0.1, 0.15) is 38.5 Å². The number of ether oxygens (including phenoxy) is 2. The van der Waals surface area contributed by atoms with Gasteiger partial charge in [-0.3, -0.25) is 4.79 Å². The van der Waals surface area contributed by atoms with Gasteiger partial charge in [-0.1, -0.05) is 6.42 Å². The molecule has 2 rings (SSSR count). The predicted molar refractivity (Wildman–Crippen MR) is 59.9 cm³/mol. The number of nitrogens with two attached hydrogens (primary N) is 1. The number of carbonyl (C=O) groups excluding carboxylic acids is 1. The molecule has 0 aromatic rings. The molecular formula is C12H21NO3. The number of hydrogen-bond acceptors (Lipinski definition) is 4. The number of hydrogen-bond donors (Lipinski definition) is 1. The first-order chi connectivity index (χ1) is 7.75. The van der Waals surface area contributed by atoms with E-state index in [1.165, 1.54) is 0 Å². The molecule has 0 radical (unpaired) electrons. The summed E-state index contributed by atoms with van der Waals surface area (Å²) in [5.41, 5.74) is 5.87. The molecule has 0 bridgehead atoms. The van der Waals surface area contributed by atoms with Gasteiger partial charge in [-0.15, -0.1) is 0 Å². The lowest BCUT2D eigenvalue weighted by atomic mass is 9.86. The van der Waals surface area contributed by atoms with Gasteiger partial charge in [0.1, 0.15) is 6.10 Å². The van der Waals surface area contributed by atoms with Gasteiger partial charge >= 0.3 is 5.97 Å². The van der Waals surface area contributed by atoms with Crippen molar-refractivity contribution in [1.82, 2.24) is 0 Å². The van der Waals surface area contributed by atoms with Crippen LogP contribution in [0.5, 0.6) is 0 Å². The molecule has 92 valence electrons. The average Bonchev–Trinajstić information content (AvgIpc) is 2.30. The van der Waals surface area contributed by atoms with Crippen molar-refractivity contribution >= 4 is 5.97 Å². The van der Waals surface area contributed by atoms with E-state index in [2.05, 4.69) is 0 Å². The Kier molecular flexibility index (Phi) is 4.18. The SMILES string of the molecule is NC1CCCC(C(=O)OC2CCOCC2)C1. The van der Waals surface area contributed by atoms with Crippen molar-refractivity contribution in [3.05, 3.63) is 0 Å². The summed E-state index contributed by atoms with van der Waals surface area (Å²) in [5, 5.41) is 0. The third-order valence-electron chi connectivity index (χ3n) is 3.50. The van der Waals surface area contributed by atoms with Gasteiger partial charge in [0.2, 0.25) is 0 Å². The van der Waals surface area contributed by atoms with Crippen LogP contribution in [0, 0.1) is 5.92 Å². The van der Waals surface area contributed by atoms with Crippen LogP contribution in [0.2, 0.25) is 0 Å². The fourth-order valence-electron chi connectivity index (χ4n) is 2.50. The second kappa shape index (κ2) is 5.64. The van der Waals surface area contributed by atoms with Gasteiger partial charge in [-0.05, 0) is 19.3 Å². The van der Waals surface area contributed by atoms with E-state index in [0.717, 1.165) is 38.5 Å². The first-order valence-corrected chi connectivity index (χ1v) is 6.29. The highest BCUT2D eigenvalue weighted by Crippen LogP contribution is 2.25. The first kappa shape index (κ1) is 11.9. The summed E-state index contributed by atoms with van der Waals surface area (Å²) < 4.78 is 10.7. The molecule has 0 amide bonds. The van der Waals surface area contributed by atoms with Crippen LogP contribution in [0.15, 0.2) is 0 Å². The zero-order valence-corrected chi connectivity index (χ0v) is 9.69. The third-order valence-corrected chi connectivity index (χ3v) is 3.50. The highest BCUT2D eigenvalue weighted by Gasteiger charge is 2.28. The van der Waals surface area contributed by atoms with Crippen LogP contribution in [-0.2, 0) is 14.3 Å². The van der Waals surface area contributed by atoms with Crippen LogP contribution < -0.4 is 5.73 Å². The first-order valence-electron chi connectivity index (χ1n) is 6.29. The predicted octanol–water partition coefficient (Wildman–Crippen LogP) is 1.23. The zero-order chi connectivity index (χ0) is 11.4. The Labute approximate surface area is 96.5 Å². The van der Waals surface area contributed by atoms with Crippen molar-refractivity contribution in [1.29, 1.82) is 0 Å². The number of rotatable bonds is 2. The maximum Gasteiger partial charge on any atom is 0.309 e. The minimum Gasteiger partial charge on any atom is -0.462 e. The van der Waals surface area contributed by atoms with Crippen molar-refractivity contribution in [3.63, 3.8) is 0 Å². The summed E-state index contributed by atoms with van der Waals surface area (Å²) in [5.74, 6) is -0.00588. The molecule has 4 nitrogen and oxygen atoms in total. The molecule has 0 aromatic heterocycles. The quantitative estimate of drug-likeness (QED) is 0.721. The molecule has 1 saturated carbocycles. The molecular weight excluding hydrogens is 206 g/mol. The van der Waals surface area contributed by atoms with Crippen molar-refractivity contribution < 1.29 is 14.3 Å². The zero-order valence-electron chi connectivity index (χ0n) is 9.69. The van der Waals surface area contributed by atoms with Crippen molar-refractivity contribution in [2.45, 2.75) is 50.7 Å². The Balaban J connectivity index is 1.77. The fraction of sp³-hybridized carbons (Fsp3) is 0.917. The second-order valence-electron chi connectivity index (χ2n) is 4.87. The summed E-state index contributed by atoms with van der Waals surface area (Å²) in [7, 11) is 0. The van der Waals surface area contributed by atoms with Gasteiger partial charge in [-0.2, -0.15) is 0 Å². The molecule has 2 N–H and O–H groups in total. The lowest BCUT2D eigenvalue weighted by Gasteiger charge is -2.28. The third kappa shape index (κ3) is 3.19. The van der Waals surface area contributed by atoms with E-state index in [0.29, 0.717) is 13.2 Å². The molecule has 1 aliphatic carbocycles. The van der Waals surface area contributed by atoms with E-state index in [1.807, 2.05) is 0 Å². The van der Waals surface area contributed by atoms with E-state index >= 15 is 0 Å². The summed E-state index contributed by atoms with van der Waals surface area (Å²) in [6.45, 7) is 1.42. The summed E-state index contributed by atoms with van der Waals surface area (Å²) in [6, 6.07) is 0.181. The Morgan fingerprint density at radius 1 is 1.19 bits per heavy atom. The van der Waals surface area contributed by atoms with Gasteiger partial charge in [0, 0.05) is 18.9 Å². The molecule has 2 unspecified atom stereocenters. The lowest BCUT2D eigenvalue weighted by molar-refractivity contribution is -0.159. The van der Waals surface area contributed by atoms with Gasteiger partial charge in [0.05, 0.1) is 19.1 Å². The minimum atomic E-state index is -0.0398. The highest BCUT2D eigenvalue weighted by molar-refractivity contribution is 5.72. The second-order valence-corrected chi connectivity index (χ2v) is 4.87. The Hall–Kier alpha value is -0.610. The largest absolute Gasteiger partial charge is 0.462 e. The molecule has 1 saturated heterocycles. The molecule has 2 atom stereocenters. The van der Waals surface area contributed by atoms with Gasteiger partial charge in [0.15, 0.2) is 0 Å². The smallest absolute Gasteiger partial charge is 0.309 e. The van der Waals surface area contributed by atoms with Crippen LogP contribution in [0.3, 0.4) is 0 Å². The van der Waals surface area contributed by atoms with E-state index in [1.54, 1.807) is 0 Å². The van der Waals surface area contributed by atoms with Crippen LogP contribution in [0.25, 0.3) is 0 Å². The van der Waals surface area contributed by atoms with Crippen molar-refractivity contribution in [3.8, 4) is 0 Å². The molecule has 16 heavy (non-hydrogen) atoms. The van der Waals surface area contributed by atoms with Gasteiger partial charge in [0.25, 0.3) is 0 Å². The van der Waals surface area contributed by atoms with Crippen LogP contribution in [-0.4, -0.2) is 31.3 Å². The maximum atomic E-state index is 11.9. The van der Waals surface area contributed by atoms with E-state index in [4.69, 9.17) is 15.2 Å². The highest BCUT2D eigenvalue weighted by atomic mass is 16.6. The number of esters is 1. The molecule has 1 heterocycles. The van der Waals surface area contributed by atoms with Crippen LogP contribution in [0.4, 0.5) is 0 Å².